The fourth-order valence-corrected chi connectivity index (χ4v) is 2.37. The van der Waals surface area contributed by atoms with Crippen molar-refractivity contribution in [2.24, 2.45) is 0 Å². The molecule has 0 aromatic heterocycles. The van der Waals surface area contributed by atoms with Gasteiger partial charge in [-0.3, -0.25) is 4.79 Å². The normalized spacial score (nSPS) is 19.9. The highest BCUT2D eigenvalue weighted by Gasteiger charge is 2.15. The molecule has 92 valence electrons. The Labute approximate surface area is 103 Å². The fraction of sp³-hybridized carbons (Fsp3) is 0.500. The van der Waals surface area contributed by atoms with Crippen LogP contribution in [0.1, 0.15) is 29.9 Å². The maximum atomic E-state index is 11.3. The molecule has 0 saturated carbocycles. The summed E-state index contributed by atoms with van der Waals surface area (Å²) in [6, 6.07) is 8.43. The zero-order chi connectivity index (χ0) is 12.1. The van der Waals surface area contributed by atoms with Gasteiger partial charge in [-0.05, 0) is 36.4 Å². The van der Waals surface area contributed by atoms with Gasteiger partial charge in [0.2, 0.25) is 5.91 Å². The van der Waals surface area contributed by atoms with Gasteiger partial charge in [-0.1, -0.05) is 24.3 Å². The van der Waals surface area contributed by atoms with E-state index < -0.39 is 0 Å². The lowest BCUT2D eigenvalue weighted by molar-refractivity contribution is -0.119. The van der Waals surface area contributed by atoms with Gasteiger partial charge < -0.3 is 10.6 Å². The maximum Gasteiger partial charge on any atom is 0.224 e. The molecule has 1 heterocycles. The Morgan fingerprint density at radius 3 is 3.12 bits per heavy atom. The molecule has 1 aromatic rings. The minimum absolute atomic E-state index is 0.0731. The molecule has 1 amide bonds. The van der Waals surface area contributed by atoms with Crippen LogP contribution in [-0.4, -0.2) is 26.0 Å². The monoisotopic (exact) mass is 232 g/mol. The van der Waals surface area contributed by atoms with E-state index in [1.807, 2.05) is 6.07 Å². The first-order valence-electron chi connectivity index (χ1n) is 6.29. The molecule has 1 unspecified atom stereocenters. The van der Waals surface area contributed by atoms with E-state index in [0.717, 1.165) is 18.7 Å². The molecule has 1 fully saturated rings. The van der Waals surface area contributed by atoms with Crippen LogP contribution < -0.4 is 10.6 Å². The quantitative estimate of drug-likeness (QED) is 0.828. The molecular formula is C14H20N2O. The van der Waals surface area contributed by atoms with Crippen LogP contribution in [0.2, 0.25) is 0 Å². The lowest BCUT2D eigenvalue weighted by Crippen LogP contribution is -2.28. The molecule has 17 heavy (non-hydrogen) atoms. The number of carbonyl (C=O) groups is 1. The first-order valence-corrected chi connectivity index (χ1v) is 6.29. The van der Waals surface area contributed by atoms with Crippen LogP contribution in [-0.2, 0) is 11.2 Å². The van der Waals surface area contributed by atoms with Gasteiger partial charge in [-0.2, -0.15) is 0 Å². The Morgan fingerprint density at radius 2 is 2.41 bits per heavy atom. The number of piperidine rings is 1. The van der Waals surface area contributed by atoms with E-state index in [4.69, 9.17) is 0 Å². The standard InChI is InChI=1S/C14H20N2O/c1-15-14(17)9-11-4-2-5-12(8-11)13-6-3-7-16-10-13/h2,4-5,8,13,16H,3,6-7,9-10H2,1H3,(H,15,17). The second-order valence-corrected chi connectivity index (χ2v) is 4.64. The predicted octanol–water partition coefficient (Wildman–Crippen LogP) is 1.44. The lowest BCUT2D eigenvalue weighted by Gasteiger charge is -2.23. The minimum Gasteiger partial charge on any atom is -0.359 e. The highest BCUT2D eigenvalue weighted by molar-refractivity contribution is 5.78. The van der Waals surface area contributed by atoms with Gasteiger partial charge >= 0.3 is 0 Å². The van der Waals surface area contributed by atoms with Crippen LogP contribution >= 0.6 is 0 Å². The molecule has 3 heteroatoms. The Hall–Kier alpha value is -1.35. The lowest BCUT2D eigenvalue weighted by atomic mass is 9.90. The molecule has 0 aliphatic carbocycles. The first-order chi connectivity index (χ1) is 8.29. The van der Waals surface area contributed by atoms with Crippen molar-refractivity contribution in [2.75, 3.05) is 20.1 Å². The summed E-state index contributed by atoms with van der Waals surface area (Å²) in [6.45, 7) is 2.19. The van der Waals surface area contributed by atoms with Crippen LogP contribution in [0.3, 0.4) is 0 Å². The maximum absolute atomic E-state index is 11.3. The van der Waals surface area contributed by atoms with Crippen molar-refractivity contribution in [3.8, 4) is 0 Å². The number of carbonyl (C=O) groups excluding carboxylic acids is 1. The van der Waals surface area contributed by atoms with Crippen molar-refractivity contribution in [1.82, 2.24) is 10.6 Å². The van der Waals surface area contributed by atoms with E-state index in [9.17, 15) is 4.79 Å². The molecule has 1 aliphatic heterocycles. The Kier molecular flexibility index (Phi) is 4.15. The Balaban J connectivity index is 2.07. The Bertz CT molecular complexity index is 384. The van der Waals surface area contributed by atoms with Crippen LogP contribution in [0.5, 0.6) is 0 Å². The third-order valence-corrected chi connectivity index (χ3v) is 3.36. The van der Waals surface area contributed by atoms with E-state index in [-0.39, 0.29) is 5.91 Å². The number of amides is 1. The summed E-state index contributed by atoms with van der Waals surface area (Å²) >= 11 is 0. The summed E-state index contributed by atoms with van der Waals surface area (Å²) in [5.41, 5.74) is 2.46. The van der Waals surface area contributed by atoms with E-state index in [2.05, 4.69) is 28.8 Å². The number of hydrogen-bond acceptors (Lipinski definition) is 2. The van der Waals surface area contributed by atoms with Gasteiger partial charge in [-0.15, -0.1) is 0 Å². The molecule has 0 bridgehead atoms. The summed E-state index contributed by atoms with van der Waals surface area (Å²) in [7, 11) is 1.68. The van der Waals surface area contributed by atoms with Gasteiger partial charge in [-0.25, -0.2) is 0 Å². The molecular weight excluding hydrogens is 212 g/mol. The molecule has 2 N–H and O–H groups in total. The van der Waals surface area contributed by atoms with Crippen molar-refractivity contribution in [3.63, 3.8) is 0 Å². The number of likely N-dealkylation sites (N-methyl/N-ethyl adjacent to an activating group) is 1. The van der Waals surface area contributed by atoms with Crippen molar-refractivity contribution < 1.29 is 4.79 Å². The van der Waals surface area contributed by atoms with Crippen molar-refractivity contribution in [1.29, 1.82) is 0 Å². The summed E-state index contributed by atoms with van der Waals surface area (Å²) in [4.78, 5) is 11.3. The molecule has 0 radical (unpaired) electrons. The number of nitrogens with one attached hydrogen (secondary N) is 2. The summed E-state index contributed by atoms with van der Waals surface area (Å²) in [5, 5.41) is 6.09. The summed E-state index contributed by atoms with van der Waals surface area (Å²) in [6.07, 6.45) is 2.96. The molecule has 1 saturated heterocycles. The molecule has 2 rings (SSSR count). The third-order valence-electron chi connectivity index (χ3n) is 3.36. The van der Waals surface area contributed by atoms with E-state index in [1.165, 1.54) is 18.4 Å². The van der Waals surface area contributed by atoms with Crippen LogP contribution in [0.15, 0.2) is 24.3 Å². The van der Waals surface area contributed by atoms with E-state index in [1.54, 1.807) is 7.05 Å². The van der Waals surface area contributed by atoms with Crippen molar-refractivity contribution in [2.45, 2.75) is 25.2 Å². The Morgan fingerprint density at radius 1 is 1.53 bits per heavy atom. The van der Waals surface area contributed by atoms with Gasteiger partial charge in [0.1, 0.15) is 0 Å². The van der Waals surface area contributed by atoms with Crippen LogP contribution in [0.4, 0.5) is 0 Å². The number of hydrogen-bond donors (Lipinski definition) is 2. The summed E-state index contributed by atoms with van der Waals surface area (Å²) < 4.78 is 0. The van der Waals surface area contributed by atoms with Gasteiger partial charge in [0.05, 0.1) is 6.42 Å². The molecule has 1 aromatic carbocycles. The van der Waals surface area contributed by atoms with Crippen LogP contribution in [0.25, 0.3) is 0 Å². The highest BCUT2D eigenvalue weighted by Crippen LogP contribution is 2.23. The highest BCUT2D eigenvalue weighted by atomic mass is 16.1. The smallest absolute Gasteiger partial charge is 0.224 e. The van der Waals surface area contributed by atoms with Gasteiger partial charge in [0.15, 0.2) is 0 Å². The average Bonchev–Trinajstić information content (AvgIpc) is 2.40. The SMILES string of the molecule is CNC(=O)Cc1cccc(C2CCCNC2)c1. The molecule has 0 spiro atoms. The first kappa shape index (κ1) is 12.1. The zero-order valence-corrected chi connectivity index (χ0v) is 10.3. The predicted molar refractivity (Wildman–Crippen MR) is 69.1 cm³/mol. The molecule has 3 nitrogen and oxygen atoms in total. The minimum atomic E-state index is 0.0731. The third kappa shape index (κ3) is 3.30. The zero-order valence-electron chi connectivity index (χ0n) is 10.3. The largest absolute Gasteiger partial charge is 0.359 e. The topological polar surface area (TPSA) is 41.1 Å². The number of benzene rings is 1. The second kappa shape index (κ2) is 5.82. The van der Waals surface area contributed by atoms with Gasteiger partial charge in [0, 0.05) is 13.6 Å². The van der Waals surface area contributed by atoms with Gasteiger partial charge in [0.25, 0.3) is 0 Å². The molecule has 1 atom stereocenters. The van der Waals surface area contributed by atoms with Crippen molar-refractivity contribution >= 4 is 5.91 Å². The second-order valence-electron chi connectivity index (χ2n) is 4.64. The molecule has 1 aliphatic rings. The summed E-state index contributed by atoms with van der Waals surface area (Å²) in [5.74, 6) is 0.678. The van der Waals surface area contributed by atoms with Crippen molar-refractivity contribution in [3.05, 3.63) is 35.4 Å². The fourth-order valence-electron chi connectivity index (χ4n) is 2.37. The van der Waals surface area contributed by atoms with Crippen LogP contribution in [0, 0.1) is 0 Å². The average molecular weight is 232 g/mol. The van der Waals surface area contributed by atoms with E-state index in [0.29, 0.717) is 12.3 Å². The number of rotatable bonds is 3. The van der Waals surface area contributed by atoms with E-state index >= 15 is 0 Å².